The third-order valence-electron chi connectivity index (χ3n) is 4.91. The van der Waals surface area contributed by atoms with Gasteiger partial charge in [0, 0.05) is 31.2 Å². The number of pyridine rings is 1. The van der Waals surface area contributed by atoms with E-state index >= 15 is 0 Å². The third-order valence-corrected chi connectivity index (χ3v) is 5.19. The fraction of sp³-hybridized carbons (Fsp3) is 0.333. The molecule has 1 N–H and O–H groups in total. The summed E-state index contributed by atoms with van der Waals surface area (Å²) in [6, 6.07) is 7.16. The third kappa shape index (κ3) is 4.62. The van der Waals surface area contributed by atoms with Crippen LogP contribution in [0.2, 0.25) is 5.02 Å². The molecule has 0 saturated carbocycles. The zero-order valence-electron chi connectivity index (χ0n) is 17.2. The summed E-state index contributed by atoms with van der Waals surface area (Å²) in [5.41, 5.74) is 1.16. The second kappa shape index (κ2) is 8.91. The van der Waals surface area contributed by atoms with Gasteiger partial charge < -0.3 is 24.3 Å². The quantitative estimate of drug-likeness (QED) is 0.620. The van der Waals surface area contributed by atoms with Gasteiger partial charge in [0.1, 0.15) is 11.6 Å². The molecule has 31 heavy (non-hydrogen) atoms. The molecule has 0 aliphatic carbocycles. The number of carbonyl (C=O) groups is 1. The van der Waals surface area contributed by atoms with E-state index in [1.165, 1.54) is 11.5 Å². The Labute approximate surface area is 183 Å². The first-order valence-electron chi connectivity index (χ1n) is 9.80. The minimum atomic E-state index is -0.302. The van der Waals surface area contributed by atoms with Crippen LogP contribution in [0.15, 0.2) is 35.3 Å². The molecule has 4 rings (SSSR count). The number of rotatable bonds is 6. The van der Waals surface area contributed by atoms with E-state index in [1.54, 1.807) is 19.3 Å². The first-order valence-corrected chi connectivity index (χ1v) is 10.2. The van der Waals surface area contributed by atoms with Gasteiger partial charge in [-0.2, -0.15) is 4.98 Å². The average Bonchev–Trinajstić information content (AvgIpc) is 2.77. The number of benzene rings is 1. The van der Waals surface area contributed by atoms with Gasteiger partial charge in [0.25, 0.3) is 5.56 Å². The Morgan fingerprint density at radius 3 is 2.81 bits per heavy atom. The Morgan fingerprint density at radius 1 is 1.29 bits per heavy atom. The van der Waals surface area contributed by atoms with Gasteiger partial charge in [0.2, 0.25) is 5.95 Å². The maximum atomic E-state index is 12.5. The van der Waals surface area contributed by atoms with Crippen molar-refractivity contribution in [2.75, 3.05) is 43.1 Å². The van der Waals surface area contributed by atoms with E-state index in [9.17, 15) is 9.59 Å². The van der Waals surface area contributed by atoms with Gasteiger partial charge in [0.05, 0.1) is 24.9 Å². The lowest BCUT2D eigenvalue weighted by Gasteiger charge is -2.27. The molecular weight excluding hydrogens is 422 g/mol. The van der Waals surface area contributed by atoms with Gasteiger partial charge >= 0.3 is 0 Å². The molecule has 162 valence electrons. The SMILES string of the molecule is CC(=O)COc1cc2cc(Nc3nc(N4CCOCC4)ncc3Cl)ccc2n(C)c1=O. The summed E-state index contributed by atoms with van der Waals surface area (Å²) in [5.74, 6) is 1.03. The minimum Gasteiger partial charge on any atom is -0.480 e. The second-order valence-corrected chi connectivity index (χ2v) is 7.64. The smallest absolute Gasteiger partial charge is 0.293 e. The molecule has 1 aliphatic rings. The van der Waals surface area contributed by atoms with Crippen molar-refractivity contribution < 1.29 is 14.3 Å². The van der Waals surface area contributed by atoms with Crippen LogP contribution in [-0.2, 0) is 16.6 Å². The molecule has 0 amide bonds. The van der Waals surface area contributed by atoms with Crippen molar-refractivity contribution in [2.24, 2.45) is 7.05 Å². The van der Waals surface area contributed by atoms with Gasteiger partial charge in [-0.05, 0) is 31.2 Å². The summed E-state index contributed by atoms with van der Waals surface area (Å²) in [6.45, 7) is 3.95. The summed E-state index contributed by atoms with van der Waals surface area (Å²) in [7, 11) is 1.66. The Bertz CT molecular complexity index is 1190. The molecule has 10 heteroatoms. The van der Waals surface area contributed by atoms with Crippen molar-refractivity contribution in [1.29, 1.82) is 0 Å². The molecule has 3 aromatic rings. The molecule has 2 aromatic heterocycles. The number of anilines is 3. The van der Waals surface area contributed by atoms with Gasteiger partial charge in [-0.3, -0.25) is 9.59 Å². The minimum absolute atomic E-state index is 0.122. The average molecular weight is 444 g/mol. The van der Waals surface area contributed by atoms with Crippen molar-refractivity contribution in [1.82, 2.24) is 14.5 Å². The summed E-state index contributed by atoms with van der Waals surface area (Å²) in [6.07, 6.45) is 1.57. The number of halogens is 1. The maximum Gasteiger partial charge on any atom is 0.293 e. The largest absolute Gasteiger partial charge is 0.480 e. The molecule has 0 atom stereocenters. The molecule has 1 saturated heterocycles. The zero-order chi connectivity index (χ0) is 22.0. The molecule has 0 spiro atoms. The molecule has 9 nitrogen and oxygen atoms in total. The summed E-state index contributed by atoms with van der Waals surface area (Å²) < 4.78 is 12.3. The van der Waals surface area contributed by atoms with E-state index < -0.39 is 0 Å². The van der Waals surface area contributed by atoms with Gasteiger partial charge in [-0.15, -0.1) is 0 Å². The standard InChI is InChI=1S/C21H22ClN5O4/c1-13(28)12-31-18-10-14-9-15(3-4-17(14)26(2)20(18)29)24-19-16(22)11-23-21(25-19)27-5-7-30-8-6-27/h3-4,9-11H,5-8,12H2,1-2H3,(H,23,24,25). The van der Waals surface area contributed by atoms with Crippen LogP contribution >= 0.6 is 11.6 Å². The normalized spacial score (nSPS) is 14.0. The van der Waals surface area contributed by atoms with Crippen molar-refractivity contribution >= 4 is 45.7 Å². The number of fused-ring (bicyclic) bond motifs is 1. The number of Topliss-reactive ketones (excluding diaryl/α,β-unsaturated/α-hetero) is 1. The number of aromatic nitrogens is 3. The molecule has 0 unspecified atom stereocenters. The fourth-order valence-electron chi connectivity index (χ4n) is 3.31. The van der Waals surface area contributed by atoms with E-state index in [0.717, 1.165) is 16.6 Å². The van der Waals surface area contributed by atoms with Crippen molar-refractivity contribution in [3.05, 3.63) is 45.8 Å². The van der Waals surface area contributed by atoms with Gasteiger partial charge in [-0.1, -0.05) is 11.6 Å². The summed E-state index contributed by atoms with van der Waals surface area (Å²) in [5, 5.41) is 4.38. The number of nitrogens with zero attached hydrogens (tertiary/aromatic N) is 4. The predicted molar refractivity (Wildman–Crippen MR) is 119 cm³/mol. The monoisotopic (exact) mass is 443 g/mol. The highest BCUT2D eigenvalue weighted by atomic mass is 35.5. The molecule has 1 aliphatic heterocycles. The number of ether oxygens (including phenoxy) is 2. The predicted octanol–water partition coefficient (Wildman–Crippen LogP) is 2.53. The van der Waals surface area contributed by atoms with Crippen molar-refractivity contribution in [3.63, 3.8) is 0 Å². The highest BCUT2D eigenvalue weighted by Gasteiger charge is 2.16. The first-order chi connectivity index (χ1) is 14.9. The van der Waals surface area contributed by atoms with E-state index in [2.05, 4.69) is 15.3 Å². The van der Waals surface area contributed by atoms with E-state index in [4.69, 9.17) is 21.1 Å². The Kier molecular flexibility index (Phi) is 6.06. The van der Waals surface area contributed by atoms with Crippen LogP contribution in [0.25, 0.3) is 10.9 Å². The van der Waals surface area contributed by atoms with Crippen LogP contribution in [0.5, 0.6) is 5.75 Å². The Hall–Kier alpha value is -3.17. The number of hydrogen-bond donors (Lipinski definition) is 1. The molecular formula is C21H22ClN5O4. The highest BCUT2D eigenvalue weighted by molar-refractivity contribution is 6.32. The number of carbonyl (C=O) groups excluding carboxylic acids is 1. The zero-order valence-corrected chi connectivity index (χ0v) is 18.0. The van der Waals surface area contributed by atoms with Crippen molar-refractivity contribution in [3.8, 4) is 5.75 Å². The first kappa shape index (κ1) is 21.1. The lowest BCUT2D eigenvalue weighted by Crippen LogP contribution is -2.37. The van der Waals surface area contributed by atoms with Crippen LogP contribution in [-0.4, -0.2) is 53.2 Å². The lowest BCUT2D eigenvalue weighted by molar-refractivity contribution is -0.118. The number of nitrogens with one attached hydrogen (secondary N) is 1. The highest BCUT2D eigenvalue weighted by Crippen LogP contribution is 2.27. The lowest BCUT2D eigenvalue weighted by atomic mass is 10.2. The van der Waals surface area contributed by atoms with Crippen LogP contribution in [0, 0.1) is 0 Å². The topological polar surface area (TPSA) is 98.6 Å². The number of ketones is 1. The van der Waals surface area contributed by atoms with Crippen LogP contribution < -0.4 is 20.5 Å². The molecule has 1 fully saturated rings. The van der Waals surface area contributed by atoms with Crippen LogP contribution in [0.3, 0.4) is 0 Å². The summed E-state index contributed by atoms with van der Waals surface area (Å²) >= 11 is 6.32. The van der Waals surface area contributed by atoms with Crippen LogP contribution in [0.4, 0.5) is 17.5 Å². The Balaban J connectivity index is 1.65. The number of aryl methyl sites for hydroxylation is 1. The fourth-order valence-corrected chi connectivity index (χ4v) is 3.45. The maximum absolute atomic E-state index is 12.5. The van der Waals surface area contributed by atoms with Crippen LogP contribution in [0.1, 0.15) is 6.92 Å². The molecule has 0 bridgehead atoms. The summed E-state index contributed by atoms with van der Waals surface area (Å²) in [4.78, 5) is 34.6. The van der Waals surface area contributed by atoms with Crippen molar-refractivity contribution in [2.45, 2.75) is 6.92 Å². The van der Waals surface area contributed by atoms with Gasteiger partial charge in [-0.25, -0.2) is 4.98 Å². The Morgan fingerprint density at radius 2 is 2.06 bits per heavy atom. The molecule has 0 radical (unpaired) electrons. The van der Waals surface area contributed by atoms with E-state index in [0.29, 0.717) is 43.1 Å². The number of hydrogen-bond acceptors (Lipinski definition) is 8. The number of morpholine rings is 1. The second-order valence-electron chi connectivity index (χ2n) is 7.23. The molecule has 1 aromatic carbocycles. The van der Waals surface area contributed by atoms with E-state index in [-0.39, 0.29) is 23.7 Å². The van der Waals surface area contributed by atoms with Gasteiger partial charge in [0.15, 0.2) is 17.4 Å². The van der Waals surface area contributed by atoms with E-state index in [1.807, 2.05) is 23.1 Å². The molecule has 3 heterocycles.